The maximum absolute atomic E-state index is 14.2. The fraction of sp³-hybridized carbons (Fsp3) is 0.323. The van der Waals surface area contributed by atoms with Crippen molar-refractivity contribution in [1.29, 1.82) is 5.26 Å². The quantitative estimate of drug-likeness (QED) is 0.458. The highest BCUT2D eigenvalue weighted by atomic mass is 32.2. The van der Waals surface area contributed by atoms with Crippen LogP contribution in [-0.2, 0) is 20.2 Å². The normalized spacial score (nSPS) is 17.8. The summed E-state index contributed by atoms with van der Waals surface area (Å²) < 4.78 is 43.5. The van der Waals surface area contributed by atoms with Crippen molar-refractivity contribution in [1.82, 2.24) is 4.90 Å². The minimum Gasteiger partial charge on any atom is -0.343 e. The fourth-order valence-electron chi connectivity index (χ4n) is 6.37. The maximum atomic E-state index is 14.2. The van der Waals surface area contributed by atoms with Gasteiger partial charge < -0.3 is 10.2 Å². The molecule has 1 N–H and O–H groups in total. The molecule has 10 heteroatoms. The van der Waals surface area contributed by atoms with Crippen molar-refractivity contribution in [2.75, 3.05) is 22.7 Å². The lowest BCUT2D eigenvalue weighted by Gasteiger charge is -2.46. The van der Waals surface area contributed by atoms with Crippen LogP contribution in [0.25, 0.3) is 0 Å². The summed E-state index contributed by atoms with van der Waals surface area (Å²) in [6, 6.07) is 18.0. The van der Waals surface area contributed by atoms with Gasteiger partial charge in [0.25, 0.3) is 15.9 Å². The van der Waals surface area contributed by atoms with Crippen molar-refractivity contribution < 1.29 is 22.4 Å². The molecular formula is C31H31FN4O4S. The second-order valence-electron chi connectivity index (χ2n) is 11.0. The van der Waals surface area contributed by atoms with E-state index in [0.29, 0.717) is 48.4 Å². The van der Waals surface area contributed by atoms with Crippen LogP contribution in [0.3, 0.4) is 0 Å². The van der Waals surface area contributed by atoms with Gasteiger partial charge in [-0.2, -0.15) is 5.26 Å². The van der Waals surface area contributed by atoms with E-state index in [1.54, 1.807) is 35.2 Å². The molecule has 1 fully saturated rings. The molecule has 3 aromatic rings. The van der Waals surface area contributed by atoms with Crippen molar-refractivity contribution >= 4 is 33.2 Å². The number of anilines is 2. The van der Waals surface area contributed by atoms with Crippen LogP contribution in [-0.4, -0.2) is 44.3 Å². The highest BCUT2D eigenvalue weighted by Gasteiger charge is 2.56. The van der Waals surface area contributed by atoms with Crippen molar-refractivity contribution in [2.24, 2.45) is 5.92 Å². The zero-order chi connectivity index (χ0) is 29.5. The number of rotatable bonds is 5. The number of hydrogen-bond donors (Lipinski definition) is 1. The molecule has 8 nitrogen and oxygen atoms in total. The Kier molecular flexibility index (Phi) is 7.34. The Bertz CT molecular complexity index is 1660. The number of likely N-dealkylation sites (tertiary alicyclic amines) is 1. The summed E-state index contributed by atoms with van der Waals surface area (Å²) in [4.78, 5) is 27.0. The van der Waals surface area contributed by atoms with Crippen LogP contribution in [0.1, 0.15) is 55.1 Å². The van der Waals surface area contributed by atoms with Gasteiger partial charge in [-0.15, -0.1) is 0 Å². The summed E-state index contributed by atoms with van der Waals surface area (Å²) in [5.74, 6) is -1.06. The van der Waals surface area contributed by atoms with Crippen LogP contribution >= 0.6 is 0 Å². The summed E-state index contributed by atoms with van der Waals surface area (Å²) in [7, 11) is -4.09. The largest absolute Gasteiger partial charge is 0.343 e. The maximum Gasteiger partial charge on any atom is 0.264 e. The molecular weight excluding hydrogens is 543 g/mol. The van der Waals surface area contributed by atoms with Gasteiger partial charge in [-0.3, -0.25) is 13.9 Å². The third-order valence-corrected chi connectivity index (χ3v) is 10.0. The van der Waals surface area contributed by atoms with Gasteiger partial charge >= 0.3 is 0 Å². The first kappa shape index (κ1) is 28.3. The lowest BCUT2D eigenvalue weighted by molar-refractivity contribution is -0.130. The number of amides is 2. The first-order valence-electron chi connectivity index (χ1n) is 13.5. The molecule has 0 aromatic heterocycles. The van der Waals surface area contributed by atoms with Gasteiger partial charge in [0.15, 0.2) is 0 Å². The van der Waals surface area contributed by atoms with Crippen LogP contribution in [0, 0.1) is 23.1 Å². The van der Waals surface area contributed by atoms with Gasteiger partial charge in [0.05, 0.1) is 28.3 Å². The highest BCUT2D eigenvalue weighted by Crippen LogP contribution is 2.55. The van der Waals surface area contributed by atoms with E-state index in [1.807, 2.05) is 26.0 Å². The van der Waals surface area contributed by atoms with E-state index in [4.69, 9.17) is 0 Å². The molecule has 1 unspecified atom stereocenters. The molecule has 0 saturated carbocycles. The molecule has 5 rings (SSSR count). The lowest BCUT2D eigenvalue weighted by Crippen LogP contribution is -2.55. The van der Waals surface area contributed by atoms with E-state index in [0.717, 1.165) is 17.7 Å². The molecule has 1 saturated heterocycles. The fourth-order valence-corrected chi connectivity index (χ4v) is 8.23. The van der Waals surface area contributed by atoms with Crippen LogP contribution < -0.4 is 9.62 Å². The minimum atomic E-state index is -4.09. The number of carbonyl (C=O) groups excluding carboxylic acids is 2. The third kappa shape index (κ3) is 4.95. The Balaban J connectivity index is 1.62. The van der Waals surface area contributed by atoms with Crippen LogP contribution in [0.5, 0.6) is 0 Å². The minimum absolute atomic E-state index is 0.0107. The highest BCUT2D eigenvalue weighted by molar-refractivity contribution is 7.92. The Morgan fingerprint density at radius 3 is 2.34 bits per heavy atom. The predicted molar refractivity (Wildman–Crippen MR) is 153 cm³/mol. The Hall–Kier alpha value is -4.23. The van der Waals surface area contributed by atoms with Crippen LogP contribution in [0.4, 0.5) is 15.8 Å². The molecule has 212 valence electrons. The number of sulfonamides is 1. The average molecular weight is 575 g/mol. The number of fused-ring (bicyclic) bond motifs is 2. The summed E-state index contributed by atoms with van der Waals surface area (Å²) >= 11 is 0. The lowest BCUT2D eigenvalue weighted by atomic mass is 9.66. The second kappa shape index (κ2) is 10.6. The smallest absolute Gasteiger partial charge is 0.264 e. The van der Waals surface area contributed by atoms with Gasteiger partial charge in [0, 0.05) is 36.7 Å². The van der Waals surface area contributed by atoms with Crippen LogP contribution in [0.15, 0.2) is 71.6 Å². The van der Waals surface area contributed by atoms with E-state index >= 15 is 0 Å². The Morgan fingerprint density at radius 2 is 1.73 bits per heavy atom. The van der Waals surface area contributed by atoms with Gasteiger partial charge in [-0.25, -0.2) is 12.8 Å². The topological polar surface area (TPSA) is 111 Å². The summed E-state index contributed by atoms with van der Waals surface area (Å²) in [6.07, 6.45) is 1.08. The molecule has 0 aliphatic carbocycles. The van der Waals surface area contributed by atoms with Crippen molar-refractivity contribution in [3.8, 4) is 6.07 Å². The summed E-state index contributed by atoms with van der Waals surface area (Å²) in [5.41, 5.74) is 1.86. The van der Waals surface area contributed by atoms with E-state index in [1.165, 1.54) is 29.4 Å². The number of halogens is 1. The Morgan fingerprint density at radius 1 is 1.05 bits per heavy atom. The molecule has 2 aliphatic rings. The van der Waals surface area contributed by atoms with Gasteiger partial charge in [-0.05, 0) is 85.0 Å². The van der Waals surface area contributed by atoms with E-state index in [9.17, 15) is 27.7 Å². The number of piperidine rings is 1. The van der Waals surface area contributed by atoms with E-state index in [2.05, 4.69) is 5.32 Å². The first-order valence-corrected chi connectivity index (χ1v) is 14.9. The summed E-state index contributed by atoms with van der Waals surface area (Å²) in [5, 5.41) is 12.1. The number of carbonyl (C=O) groups is 2. The third-order valence-electron chi connectivity index (χ3n) is 8.20. The molecule has 3 aromatic carbocycles. The number of benzene rings is 3. The molecule has 2 amide bonds. The number of nitriles is 1. The molecule has 2 heterocycles. The van der Waals surface area contributed by atoms with Gasteiger partial charge in [0.2, 0.25) is 5.91 Å². The second-order valence-corrected chi connectivity index (χ2v) is 12.8. The Labute approximate surface area is 239 Å². The molecule has 2 aliphatic heterocycles. The molecule has 41 heavy (non-hydrogen) atoms. The zero-order valence-electron chi connectivity index (χ0n) is 23.1. The van der Waals surface area contributed by atoms with Gasteiger partial charge in [0.1, 0.15) is 5.82 Å². The van der Waals surface area contributed by atoms with E-state index < -0.39 is 33.2 Å². The standard InChI is InChI=1S/C31H31FN4O4S/c1-20(2)29-31(13-15-35(16-14-31)21(3)37)27-18-25(34-30(38)23-6-4-5-22(17-23)19-33)9-12-28(27)36(29)41(39,40)26-10-7-24(32)8-11-26/h4-12,17-18,20,29H,13-16H2,1-3H3,(H,34,38). The van der Waals surface area contributed by atoms with Crippen molar-refractivity contribution in [3.05, 3.63) is 89.2 Å². The number of nitrogens with one attached hydrogen (secondary N) is 1. The van der Waals surface area contributed by atoms with Gasteiger partial charge in [-0.1, -0.05) is 19.9 Å². The molecule has 1 atom stereocenters. The monoisotopic (exact) mass is 574 g/mol. The summed E-state index contributed by atoms with van der Waals surface area (Å²) in [6.45, 7) is 6.43. The molecule has 0 radical (unpaired) electrons. The number of hydrogen-bond acceptors (Lipinski definition) is 5. The zero-order valence-corrected chi connectivity index (χ0v) is 23.9. The predicted octanol–water partition coefficient (Wildman–Crippen LogP) is 5.06. The molecule has 0 bridgehead atoms. The molecule has 1 spiro atoms. The first-order chi connectivity index (χ1) is 19.5. The van der Waals surface area contributed by atoms with Crippen molar-refractivity contribution in [2.45, 2.75) is 50.0 Å². The average Bonchev–Trinajstić information content (AvgIpc) is 3.23. The number of nitrogens with zero attached hydrogens (tertiary/aromatic N) is 3. The SMILES string of the molecule is CC(=O)N1CCC2(CC1)c1cc(NC(=O)c3cccc(C#N)c3)ccc1N(S(=O)(=O)c1ccc(F)cc1)C2C(C)C. The van der Waals surface area contributed by atoms with Crippen molar-refractivity contribution in [3.63, 3.8) is 0 Å². The van der Waals surface area contributed by atoms with E-state index in [-0.39, 0.29) is 16.7 Å². The van der Waals surface area contributed by atoms with Crippen LogP contribution in [0.2, 0.25) is 0 Å².